The average Bonchev–Trinajstić information content (AvgIpc) is 2.19. The fourth-order valence-corrected chi connectivity index (χ4v) is 5.90. The van der Waals surface area contributed by atoms with E-state index in [0.717, 1.165) is 29.6 Å². The van der Waals surface area contributed by atoms with Crippen molar-refractivity contribution in [2.24, 2.45) is 35.0 Å². The van der Waals surface area contributed by atoms with Gasteiger partial charge >= 0.3 is 0 Å². The topological polar surface area (TPSA) is 23.8 Å². The minimum Gasteiger partial charge on any atom is -0.198 e. The van der Waals surface area contributed by atoms with E-state index in [4.69, 9.17) is 0 Å². The molecule has 0 aromatic heterocycles. The zero-order chi connectivity index (χ0) is 10.8. The third kappa shape index (κ3) is 1.06. The van der Waals surface area contributed by atoms with Gasteiger partial charge < -0.3 is 0 Å². The Morgan fingerprint density at radius 2 is 1.44 bits per heavy atom. The number of rotatable bonds is 1. The van der Waals surface area contributed by atoms with E-state index in [1.807, 2.05) is 0 Å². The Morgan fingerprint density at radius 1 is 0.875 bits per heavy atom. The fourth-order valence-electron chi connectivity index (χ4n) is 5.90. The minimum absolute atomic E-state index is 0.141. The molecule has 5 rings (SSSR count). The molecule has 5 aliphatic rings. The van der Waals surface area contributed by atoms with E-state index in [-0.39, 0.29) is 5.41 Å². The predicted molar refractivity (Wildman–Crippen MR) is 62.4 cm³/mol. The van der Waals surface area contributed by atoms with E-state index in [1.165, 1.54) is 51.4 Å². The first-order chi connectivity index (χ1) is 7.81. The number of hydrogen-bond donors (Lipinski definition) is 0. The van der Waals surface area contributed by atoms with Crippen molar-refractivity contribution in [2.75, 3.05) is 0 Å². The first-order valence-corrected chi connectivity index (χ1v) is 7.22. The summed E-state index contributed by atoms with van der Waals surface area (Å²) in [6, 6.07) is 2.74. The van der Waals surface area contributed by atoms with Crippen LogP contribution in [0.4, 0.5) is 0 Å². The number of nitriles is 1. The summed E-state index contributed by atoms with van der Waals surface area (Å²) in [7, 11) is 0. The van der Waals surface area contributed by atoms with Crippen LogP contribution in [0, 0.1) is 46.3 Å². The van der Waals surface area contributed by atoms with E-state index >= 15 is 0 Å². The molecule has 4 bridgehead atoms. The van der Waals surface area contributed by atoms with Crippen LogP contribution in [0.15, 0.2) is 0 Å². The highest BCUT2D eigenvalue weighted by Gasteiger charge is 2.57. The van der Waals surface area contributed by atoms with Crippen molar-refractivity contribution in [1.82, 2.24) is 0 Å². The molecule has 0 N–H and O–H groups in total. The van der Waals surface area contributed by atoms with Crippen LogP contribution in [0.25, 0.3) is 0 Å². The largest absolute Gasteiger partial charge is 0.198 e. The molecule has 0 spiro atoms. The summed E-state index contributed by atoms with van der Waals surface area (Å²) in [6.45, 7) is 0. The van der Waals surface area contributed by atoms with Crippen LogP contribution in [-0.2, 0) is 0 Å². The average molecular weight is 215 g/mol. The molecule has 1 nitrogen and oxygen atoms in total. The lowest BCUT2D eigenvalue weighted by molar-refractivity contribution is -0.102. The van der Waals surface area contributed by atoms with Gasteiger partial charge in [-0.25, -0.2) is 0 Å². The second kappa shape index (κ2) is 3.03. The zero-order valence-corrected chi connectivity index (χ0v) is 9.99. The number of hydrogen-bond acceptors (Lipinski definition) is 1. The number of nitrogens with zero attached hydrogens (tertiary/aromatic N) is 1. The van der Waals surface area contributed by atoms with Gasteiger partial charge in [0.05, 0.1) is 11.5 Å². The van der Waals surface area contributed by atoms with Crippen molar-refractivity contribution in [2.45, 2.75) is 51.4 Å². The Morgan fingerprint density at radius 3 is 1.81 bits per heavy atom. The van der Waals surface area contributed by atoms with Crippen LogP contribution < -0.4 is 0 Å². The lowest BCUT2D eigenvalue weighted by Gasteiger charge is -2.60. The van der Waals surface area contributed by atoms with Crippen molar-refractivity contribution >= 4 is 0 Å². The van der Waals surface area contributed by atoms with E-state index in [0.29, 0.717) is 0 Å². The van der Waals surface area contributed by atoms with Gasteiger partial charge in [-0.05, 0) is 74.5 Å². The molecule has 0 atom stereocenters. The molecule has 0 heterocycles. The molecular weight excluding hydrogens is 194 g/mol. The first-order valence-electron chi connectivity index (χ1n) is 7.22. The standard InChI is InChI=1S/C15H21N/c16-9-15(2-1-3-15)14-12-5-10-4-11(7-12)8-13(14)6-10/h10-14H,1-8H2. The van der Waals surface area contributed by atoms with Gasteiger partial charge in [0.25, 0.3) is 0 Å². The molecule has 0 amide bonds. The summed E-state index contributed by atoms with van der Waals surface area (Å²) < 4.78 is 0. The van der Waals surface area contributed by atoms with Gasteiger partial charge in [-0.2, -0.15) is 5.26 Å². The molecule has 0 unspecified atom stereocenters. The molecule has 0 saturated heterocycles. The Bertz CT molecular complexity index is 319. The van der Waals surface area contributed by atoms with E-state index in [2.05, 4.69) is 6.07 Å². The van der Waals surface area contributed by atoms with Crippen molar-refractivity contribution in [3.8, 4) is 6.07 Å². The highest BCUT2D eigenvalue weighted by Crippen LogP contribution is 2.64. The van der Waals surface area contributed by atoms with Gasteiger partial charge in [-0.15, -0.1) is 0 Å². The quantitative estimate of drug-likeness (QED) is 0.653. The molecule has 0 aromatic rings. The van der Waals surface area contributed by atoms with E-state index in [9.17, 15) is 5.26 Å². The van der Waals surface area contributed by atoms with Crippen LogP contribution in [0.2, 0.25) is 0 Å². The van der Waals surface area contributed by atoms with Crippen LogP contribution in [0.1, 0.15) is 51.4 Å². The Balaban J connectivity index is 1.67. The molecule has 0 aliphatic heterocycles. The van der Waals surface area contributed by atoms with Crippen molar-refractivity contribution in [1.29, 1.82) is 5.26 Å². The van der Waals surface area contributed by atoms with Crippen LogP contribution >= 0.6 is 0 Å². The van der Waals surface area contributed by atoms with Crippen LogP contribution in [0.3, 0.4) is 0 Å². The summed E-state index contributed by atoms with van der Waals surface area (Å²) in [5, 5.41) is 9.57. The molecule has 5 saturated carbocycles. The van der Waals surface area contributed by atoms with Crippen molar-refractivity contribution in [3.05, 3.63) is 0 Å². The Kier molecular flexibility index (Phi) is 1.80. The highest BCUT2D eigenvalue weighted by molar-refractivity contribution is 5.14. The molecule has 0 radical (unpaired) electrons. The van der Waals surface area contributed by atoms with Gasteiger partial charge in [-0.1, -0.05) is 6.42 Å². The zero-order valence-electron chi connectivity index (χ0n) is 9.99. The molecule has 86 valence electrons. The Labute approximate surface area is 98.2 Å². The highest BCUT2D eigenvalue weighted by atomic mass is 14.6. The van der Waals surface area contributed by atoms with Crippen LogP contribution in [0.5, 0.6) is 0 Å². The maximum Gasteiger partial charge on any atom is 0.0692 e. The molecular formula is C15H21N. The summed E-state index contributed by atoms with van der Waals surface area (Å²) in [6.07, 6.45) is 11.2. The lowest BCUT2D eigenvalue weighted by atomic mass is 9.43. The molecule has 0 aromatic carbocycles. The summed E-state index contributed by atoms with van der Waals surface area (Å²) in [4.78, 5) is 0. The normalized spacial score (nSPS) is 52.1. The summed E-state index contributed by atoms with van der Waals surface area (Å²) in [5.74, 6) is 4.79. The predicted octanol–water partition coefficient (Wildman–Crippen LogP) is 3.75. The fraction of sp³-hybridized carbons (Fsp3) is 0.933. The van der Waals surface area contributed by atoms with Gasteiger partial charge in [-0.3, -0.25) is 0 Å². The second-order valence-electron chi connectivity index (χ2n) is 7.08. The molecule has 5 aliphatic carbocycles. The minimum atomic E-state index is 0.141. The smallest absolute Gasteiger partial charge is 0.0692 e. The van der Waals surface area contributed by atoms with Crippen LogP contribution in [-0.4, -0.2) is 0 Å². The third-order valence-electron chi connectivity index (χ3n) is 6.33. The van der Waals surface area contributed by atoms with Gasteiger partial charge in [0, 0.05) is 0 Å². The summed E-state index contributed by atoms with van der Waals surface area (Å²) in [5.41, 5.74) is 0.141. The van der Waals surface area contributed by atoms with Crippen molar-refractivity contribution < 1.29 is 0 Å². The van der Waals surface area contributed by atoms with Gasteiger partial charge in [0.2, 0.25) is 0 Å². The summed E-state index contributed by atoms with van der Waals surface area (Å²) >= 11 is 0. The molecule has 16 heavy (non-hydrogen) atoms. The third-order valence-corrected chi connectivity index (χ3v) is 6.33. The molecule has 5 fully saturated rings. The van der Waals surface area contributed by atoms with E-state index < -0.39 is 0 Å². The van der Waals surface area contributed by atoms with Gasteiger partial charge in [0.15, 0.2) is 0 Å². The first kappa shape index (κ1) is 9.51. The van der Waals surface area contributed by atoms with Gasteiger partial charge in [0.1, 0.15) is 0 Å². The van der Waals surface area contributed by atoms with E-state index in [1.54, 1.807) is 0 Å². The monoisotopic (exact) mass is 215 g/mol. The maximum absolute atomic E-state index is 9.57. The van der Waals surface area contributed by atoms with Crippen molar-refractivity contribution in [3.63, 3.8) is 0 Å². The lowest BCUT2D eigenvalue weighted by Crippen LogP contribution is -2.53. The second-order valence-corrected chi connectivity index (χ2v) is 7.08. The Hall–Kier alpha value is -0.510. The SMILES string of the molecule is N#CC1(C2C3CC4CC(C3)CC2C4)CCC1. The maximum atomic E-state index is 9.57. The molecule has 1 heteroatoms.